The summed E-state index contributed by atoms with van der Waals surface area (Å²) >= 11 is 0. The molecule has 0 atom stereocenters. The van der Waals surface area contributed by atoms with Gasteiger partial charge in [-0.15, -0.1) is 0 Å². The summed E-state index contributed by atoms with van der Waals surface area (Å²) in [5.41, 5.74) is 7.11. The van der Waals surface area contributed by atoms with Gasteiger partial charge in [-0.3, -0.25) is 4.79 Å². The van der Waals surface area contributed by atoms with Crippen molar-refractivity contribution in [2.75, 3.05) is 25.5 Å². The van der Waals surface area contributed by atoms with Crippen LogP contribution in [0.25, 0.3) is 0 Å². The maximum atomic E-state index is 12.4. The van der Waals surface area contributed by atoms with Crippen molar-refractivity contribution in [3.63, 3.8) is 0 Å². The number of rotatable bonds is 2. The monoisotopic (exact) mass is 249 g/mol. The lowest BCUT2D eigenvalue weighted by molar-refractivity contribution is 0.0708. The molecule has 0 spiro atoms. The summed E-state index contributed by atoms with van der Waals surface area (Å²) in [6.07, 6.45) is 3.13. The molecule has 2 heterocycles. The number of carbonyl (C=O) groups is 1. The molecule has 1 aliphatic heterocycles. The average molecular weight is 249 g/mol. The largest absolute Gasteiger partial charge is 0.373 e. The minimum Gasteiger partial charge on any atom is -0.373 e. The van der Waals surface area contributed by atoms with Crippen LogP contribution in [0.5, 0.6) is 0 Å². The third kappa shape index (κ3) is 2.43. The van der Waals surface area contributed by atoms with E-state index in [1.165, 1.54) is 6.33 Å². The average Bonchev–Trinajstić information content (AvgIpc) is 2.39. The summed E-state index contributed by atoms with van der Waals surface area (Å²) in [4.78, 5) is 22.4. The number of nitrogens with zero attached hydrogens (tertiary/aromatic N) is 3. The van der Waals surface area contributed by atoms with E-state index in [4.69, 9.17) is 5.73 Å². The Kier molecular flexibility index (Phi) is 3.76. The summed E-state index contributed by atoms with van der Waals surface area (Å²) in [6.45, 7) is 3.27. The van der Waals surface area contributed by atoms with Gasteiger partial charge in [0.15, 0.2) is 0 Å². The number of nitrogens with one attached hydrogen (secondary N) is 1. The number of nitrogens with two attached hydrogens (primary N) is 1. The lowest BCUT2D eigenvalue weighted by Crippen LogP contribution is -2.43. The first-order chi connectivity index (χ1) is 8.63. The highest BCUT2D eigenvalue weighted by Gasteiger charge is 2.24. The zero-order chi connectivity index (χ0) is 13.1. The number of piperidine rings is 1. The van der Waals surface area contributed by atoms with E-state index in [1.54, 1.807) is 7.05 Å². The maximum Gasteiger partial charge on any atom is 0.272 e. The van der Waals surface area contributed by atoms with E-state index >= 15 is 0 Å². The van der Waals surface area contributed by atoms with E-state index in [2.05, 4.69) is 15.3 Å². The third-order valence-corrected chi connectivity index (χ3v) is 3.35. The van der Waals surface area contributed by atoms with Gasteiger partial charge in [0, 0.05) is 31.7 Å². The molecule has 1 aromatic heterocycles. The first-order valence-electron chi connectivity index (χ1n) is 6.17. The van der Waals surface area contributed by atoms with E-state index in [-0.39, 0.29) is 11.9 Å². The number of anilines is 1. The zero-order valence-electron chi connectivity index (χ0n) is 10.8. The molecule has 1 amide bonds. The fraction of sp³-hybridized carbons (Fsp3) is 0.583. The Morgan fingerprint density at radius 3 is 2.72 bits per heavy atom. The molecule has 6 nitrogen and oxygen atoms in total. The van der Waals surface area contributed by atoms with Crippen molar-refractivity contribution in [3.8, 4) is 0 Å². The van der Waals surface area contributed by atoms with Crippen LogP contribution in [0.2, 0.25) is 0 Å². The Bertz CT molecular complexity index is 440. The molecular formula is C12H19N5O. The standard InChI is InChI=1S/C12H19N5O/c1-8-10(15-7-16-11(8)14-2)12(18)17-5-3-9(13)4-6-17/h7,9H,3-6,13H2,1-2H3,(H,14,15,16). The summed E-state index contributed by atoms with van der Waals surface area (Å²) in [5.74, 6) is 0.667. The first-order valence-corrected chi connectivity index (χ1v) is 6.17. The number of likely N-dealkylation sites (tertiary alicyclic amines) is 1. The Hall–Kier alpha value is -1.69. The molecule has 1 aromatic rings. The van der Waals surface area contributed by atoms with Crippen molar-refractivity contribution in [1.82, 2.24) is 14.9 Å². The summed E-state index contributed by atoms with van der Waals surface area (Å²) in [7, 11) is 1.78. The Morgan fingerprint density at radius 1 is 1.44 bits per heavy atom. The topological polar surface area (TPSA) is 84.1 Å². The summed E-state index contributed by atoms with van der Waals surface area (Å²) in [5, 5.41) is 2.96. The number of carbonyl (C=O) groups excluding carboxylic acids is 1. The van der Waals surface area contributed by atoms with Crippen LogP contribution in [-0.2, 0) is 0 Å². The normalized spacial score (nSPS) is 16.7. The molecule has 18 heavy (non-hydrogen) atoms. The highest BCUT2D eigenvalue weighted by Crippen LogP contribution is 2.17. The molecule has 1 saturated heterocycles. The highest BCUT2D eigenvalue weighted by molar-refractivity contribution is 5.94. The van der Waals surface area contributed by atoms with Crippen molar-refractivity contribution in [3.05, 3.63) is 17.6 Å². The molecule has 3 N–H and O–H groups in total. The Balaban J connectivity index is 2.18. The summed E-state index contributed by atoms with van der Waals surface area (Å²) in [6, 6.07) is 0.216. The van der Waals surface area contributed by atoms with Gasteiger partial charge in [0.1, 0.15) is 17.8 Å². The van der Waals surface area contributed by atoms with Crippen LogP contribution in [0, 0.1) is 6.92 Å². The fourth-order valence-electron chi connectivity index (χ4n) is 2.17. The molecule has 0 aromatic carbocycles. The van der Waals surface area contributed by atoms with E-state index in [0.717, 1.165) is 18.4 Å². The number of aromatic nitrogens is 2. The van der Waals surface area contributed by atoms with Gasteiger partial charge in [0.2, 0.25) is 0 Å². The van der Waals surface area contributed by atoms with Crippen molar-refractivity contribution in [2.45, 2.75) is 25.8 Å². The van der Waals surface area contributed by atoms with Crippen molar-refractivity contribution in [2.24, 2.45) is 5.73 Å². The lowest BCUT2D eigenvalue weighted by Gasteiger charge is -2.30. The lowest BCUT2D eigenvalue weighted by atomic mass is 10.1. The molecular weight excluding hydrogens is 230 g/mol. The number of hydrogen-bond donors (Lipinski definition) is 2. The van der Waals surface area contributed by atoms with Gasteiger partial charge in [-0.2, -0.15) is 0 Å². The first kappa shape index (κ1) is 12.8. The van der Waals surface area contributed by atoms with Crippen LogP contribution in [-0.4, -0.2) is 47.0 Å². The van der Waals surface area contributed by atoms with Crippen LogP contribution in [0.4, 0.5) is 5.82 Å². The van der Waals surface area contributed by atoms with Crippen LogP contribution >= 0.6 is 0 Å². The van der Waals surface area contributed by atoms with Gasteiger partial charge in [0.25, 0.3) is 5.91 Å². The van der Waals surface area contributed by atoms with Crippen LogP contribution in [0.3, 0.4) is 0 Å². The molecule has 2 rings (SSSR count). The molecule has 0 saturated carbocycles. The predicted octanol–water partition coefficient (Wildman–Crippen LogP) is 0.390. The van der Waals surface area contributed by atoms with Crippen LogP contribution in [0.1, 0.15) is 28.9 Å². The SMILES string of the molecule is CNc1ncnc(C(=O)N2CCC(N)CC2)c1C. The molecule has 6 heteroatoms. The molecule has 0 unspecified atom stereocenters. The maximum absolute atomic E-state index is 12.4. The fourth-order valence-corrected chi connectivity index (χ4v) is 2.17. The third-order valence-electron chi connectivity index (χ3n) is 3.35. The van der Waals surface area contributed by atoms with E-state index in [0.29, 0.717) is 24.6 Å². The second-order valence-corrected chi connectivity index (χ2v) is 4.58. The quantitative estimate of drug-likeness (QED) is 0.792. The van der Waals surface area contributed by atoms with E-state index in [9.17, 15) is 4.79 Å². The smallest absolute Gasteiger partial charge is 0.272 e. The van der Waals surface area contributed by atoms with Gasteiger partial charge in [-0.05, 0) is 19.8 Å². The van der Waals surface area contributed by atoms with Crippen LogP contribution < -0.4 is 11.1 Å². The number of amides is 1. The zero-order valence-corrected chi connectivity index (χ0v) is 10.8. The number of hydrogen-bond acceptors (Lipinski definition) is 5. The molecule has 1 fully saturated rings. The van der Waals surface area contributed by atoms with Crippen molar-refractivity contribution < 1.29 is 4.79 Å². The van der Waals surface area contributed by atoms with Gasteiger partial charge in [-0.1, -0.05) is 0 Å². The predicted molar refractivity (Wildman–Crippen MR) is 69.4 cm³/mol. The second-order valence-electron chi connectivity index (χ2n) is 4.58. The van der Waals surface area contributed by atoms with Gasteiger partial charge < -0.3 is 16.0 Å². The molecule has 0 aliphatic carbocycles. The van der Waals surface area contributed by atoms with Crippen LogP contribution in [0.15, 0.2) is 6.33 Å². The Morgan fingerprint density at radius 2 is 2.11 bits per heavy atom. The van der Waals surface area contributed by atoms with Gasteiger partial charge >= 0.3 is 0 Å². The second kappa shape index (κ2) is 5.30. The molecule has 1 aliphatic rings. The molecule has 0 radical (unpaired) electrons. The minimum atomic E-state index is -0.0294. The highest BCUT2D eigenvalue weighted by atomic mass is 16.2. The Labute approximate surface area is 107 Å². The van der Waals surface area contributed by atoms with E-state index in [1.807, 2.05) is 11.8 Å². The van der Waals surface area contributed by atoms with E-state index < -0.39 is 0 Å². The minimum absolute atomic E-state index is 0.0294. The van der Waals surface area contributed by atoms with Gasteiger partial charge in [0.05, 0.1) is 0 Å². The molecule has 0 bridgehead atoms. The molecule has 98 valence electrons. The van der Waals surface area contributed by atoms with Gasteiger partial charge in [-0.25, -0.2) is 9.97 Å². The summed E-state index contributed by atoms with van der Waals surface area (Å²) < 4.78 is 0. The van der Waals surface area contributed by atoms with Crippen molar-refractivity contribution in [1.29, 1.82) is 0 Å². The van der Waals surface area contributed by atoms with Crippen molar-refractivity contribution >= 4 is 11.7 Å².